The molecule has 2 aromatic heterocycles. The number of alkyl halides is 2. The summed E-state index contributed by atoms with van der Waals surface area (Å²) in [6, 6.07) is 8.50. The number of amides is 1. The molecule has 1 aliphatic carbocycles. The summed E-state index contributed by atoms with van der Waals surface area (Å²) in [5, 5.41) is 14.8. The molecular weight excluding hydrogens is 572 g/mol. The number of hydrogen-bond donors (Lipinski definition) is 3. The number of aliphatic hydroxyl groups is 1. The van der Waals surface area contributed by atoms with E-state index in [4.69, 9.17) is 10.1 Å². The Labute approximate surface area is 241 Å². The van der Waals surface area contributed by atoms with E-state index in [-0.39, 0.29) is 25.9 Å². The number of sulfonamides is 1. The summed E-state index contributed by atoms with van der Waals surface area (Å²) in [7, 11) is -3.74. The van der Waals surface area contributed by atoms with Crippen LogP contribution in [0, 0.1) is 5.41 Å². The van der Waals surface area contributed by atoms with E-state index >= 15 is 0 Å². The molecule has 9 nitrogen and oxygen atoms in total. The molecule has 0 radical (unpaired) electrons. The number of aromatic nitrogens is 1. The fourth-order valence-corrected chi connectivity index (χ4v) is 7.49. The van der Waals surface area contributed by atoms with Gasteiger partial charge in [-0.05, 0) is 72.2 Å². The average Bonchev–Trinajstić information content (AvgIpc) is 3.50. The Balaban J connectivity index is 1.29. The van der Waals surface area contributed by atoms with Crippen LogP contribution in [0.5, 0.6) is 0 Å². The second-order valence-corrected chi connectivity index (χ2v) is 14.1. The number of thiophene rings is 1. The molecule has 13 heteroatoms. The number of nitrogens with one attached hydrogen (secondary N) is 2. The third-order valence-electron chi connectivity index (χ3n) is 8.45. The van der Waals surface area contributed by atoms with Gasteiger partial charge in [-0.15, -0.1) is 11.3 Å². The molecule has 1 saturated carbocycles. The fraction of sp³-hybridized carbons (Fsp3) is 0.500. The van der Waals surface area contributed by atoms with Gasteiger partial charge in [-0.2, -0.15) is 0 Å². The number of piperidine rings is 2. The predicted octanol–water partition coefficient (Wildman–Crippen LogP) is 4.90. The molecule has 4 heterocycles. The molecule has 2 saturated heterocycles. The van der Waals surface area contributed by atoms with E-state index in [0.29, 0.717) is 34.0 Å². The predicted molar refractivity (Wildman–Crippen MR) is 158 cm³/mol. The number of anilines is 4. The topological polar surface area (TPSA) is 115 Å². The van der Waals surface area contributed by atoms with E-state index in [0.717, 1.165) is 36.0 Å². The number of hydrogen-bond acceptors (Lipinski definition) is 8. The Hall–Kier alpha value is -3.03. The lowest BCUT2D eigenvalue weighted by Crippen LogP contribution is -2.39. The minimum Gasteiger partial charge on any atom is -0.395 e. The quantitative estimate of drug-likeness (QED) is 0.335. The number of carbonyl (C=O) groups excluding carboxylic acids is 1. The maximum absolute atomic E-state index is 13.8. The highest BCUT2D eigenvalue weighted by atomic mass is 32.2. The van der Waals surface area contributed by atoms with Crippen molar-refractivity contribution in [3.8, 4) is 0 Å². The summed E-state index contributed by atoms with van der Waals surface area (Å²) < 4.78 is 55.6. The molecule has 220 valence electrons. The summed E-state index contributed by atoms with van der Waals surface area (Å²) >= 11 is 1.48. The summed E-state index contributed by atoms with van der Waals surface area (Å²) in [4.78, 5) is 22.4. The van der Waals surface area contributed by atoms with Crippen LogP contribution in [0.3, 0.4) is 0 Å². The van der Waals surface area contributed by atoms with Crippen LogP contribution < -0.4 is 19.8 Å². The first-order valence-corrected chi connectivity index (χ1v) is 16.4. The van der Waals surface area contributed by atoms with E-state index in [2.05, 4.69) is 14.9 Å². The number of benzene rings is 1. The fourth-order valence-electron chi connectivity index (χ4n) is 5.76. The molecule has 0 bridgehead atoms. The lowest BCUT2D eigenvalue weighted by Gasteiger charge is -2.35. The van der Waals surface area contributed by atoms with E-state index in [1.807, 2.05) is 16.3 Å². The molecular formula is C28H33F2N5O4S2. The van der Waals surface area contributed by atoms with Crippen molar-refractivity contribution in [3.63, 3.8) is 0 Å². The number of carbonyl (C=O) groups is 1. The van der Waals surface area contributed by atoms with Crippen molar-refractivity contribution >= 4 is 60.4 Å². The van der Waals surface area contributed by atoms with Crippen molar-refractivity contribution in [2.45, 2.75) is 44.4 Å². The van der Waals surface area contributed by atoms with E-state index in [1.165, 1.54) is 30.2 Å². The third kappa shape index (κ3) is 6.12. The molecule has 6 rings (SSSR count). The van der Waals surface area contributed by atoms with Crippen LogP contribution in [0.2, 0.25) is 0 Å². The molecule has 1 aromatic carbocycles. The maximum atomic E-state index is 13.8. The Morgan fingerprint density at radius 3 is 2.39 bits per heavy atom. The van der Waals surface area contributed by atoms with Crippen LogP contribution in [0.1, 0.15) is 48.9 Å². The van der Waals surface area contributed by atoms with Gasteiger partial charge < -0.3 is 20.2 Å². The maximum Gasteiger partial charge on any atom is 0.258 e. The zero-order valence-corrected chi connectivity index (χ0v) is 24.2. The van der Waals surface area contributed by atoms with E-state index in [9.17, 15) is 22.0 Å². The lowest BCUT2D eigenvalue weighted by molar-refractivity contribution is -0.0221. The molecule has 3 N–H and O–H groups in total. The first kappa shape index (κ1) is 28.1. The lowest BCUT2D eigenvalue weighted by atomic mass is 9.93. The molecule has 3 fully saturated rings. The van der Waals surface area contributed by atoms with Crippen LogP contribution in [0.15, 0.2) is 35.7 Å². The van der Waals surface area contributed by atoms with Gasteiger partial charge in [-0.25, -0.2) is 22.2 Å². The van der Waals surface area contributed by atoms with Gasteiger partial charge in [0.25, 0.3) is 11.8 Å². The summed E-state index contributed by atoms with van der Waals surface area (Å²) in [6.07, 6.45) is 4.00. The Morgan fingerprint density at radius 1 is 1.00 bits per heavy atom. The molecule has 41 heavy (non-hydrogen) atoms. The Bertz CT molecular complexity index is 1550. The first-order valence-electron chi connectivity index (χ1n) is 13.9. The summed E-state index contributed by atoms with van der Waals surface area (Å²) in [5.41, 5.74) is 1.73. The van der Waals surface area contributed by atoms with Gasteiger partial charge in [0.15, 0.2) is 0 Å². The van der Waals surface area contributed by atoms with Crippen LogP contribution in [0.25, 0.3) is 10.1 Å². The van der Waals surface area contributed by atoms with E-state index in [1.54, 1.807) is 18.2 Å². The SMILES string of the molecule is O=C(Nc1cc2ccsc2c(N2CCC(F)(F)CC2)n1)c1ccc(NS(=O)(=O)CCO)cc1N1CCC2(CC1)CC2. The highest BCUT2D eigenvalue weighted by Crippen LogP contribution is 2.54. The highest BCUT2D eigenvalue weighted by molar-refractivity contribution is 7.92. The minimum absolute atomic E-state index is 0.179. The third-order valence-corrected chi connectivity index (χ3v) is 10.6. The molecule has 0 atom stereocenters. The van der Waals surface area contributed by atoms with Crippen molar-refractivity contribution in [1.82, 2.24) is 4.98 Å². The number of rotatable bonds is 8. The van der Waals surface area contributed by atoms with Crippen molar-refractivity contribution < 1.29 is 27.1 Å². The largest absolute Gasteiger partial charge is 0.395 e. The van der Waals surface area contributed by atoms with E-state index < -0.39 is 34.2 Å². The Kier molecular flexibility index (Phi) is 7.31. The second-order valence-electron chi connectivity index (χ2n) is 11.3. The van der Waals surface area contributed by atoms with Crippen molar-refractivity contribution in [2.24, 2.45) is 5.41 Å². The van der Waals surface area contributed by atoms with Crippen molar-refractivity contribution in [1.29, 1.82) is 0 Å². The molecule has 3 aliphatic rings. The van der Waals surface area contributed by atoms with Gasteiger partial charge >= 0.3 is 0 Å². The monoisotopic (exact) mass is 605 g/mol. The van der Waals surface area contributed by atoms with Crippen molar-refractivity contribution in [3.05, 3.63) is 41.3 Å². The standard InChI is InChI=1S/C28H33F2N5O4S2/c29-28(30)8-12-35(13-9-28)25-24-19(3-15-40-24)17-23(31-25)32-26(37)21-2-1-20(33-41(38,39)16-14-36)18-22(21)34-10-6-27(4-5-27)7-11-34/h1-3,15,17-18,33,36H,4-14,16H2,(H,31,32,37). The molecule has 2 aliphatic heterocycles. The van der Waals surface area contributed by atoms with Gasteiger partial charge in [0.1, 0.15) is 11.6 Å². The van der Waals surface area contributed by atoms with Crippen LogP contribution in [-0.4, -0.2) is 68.9 Å². The summed E-state index contributed by atoms with van der Waals surface area (Å²) in [5.74, 6) is -2.59. The molecule has 0 unspecified atom stereocenters. The first-order chi connectivity index (χ1) is 19.6. The molecule has 1 amide bonds. The normalized spacial score (nSPS) is 19.9. The van der Waals surface area contributed by atoms with Crippen molar-refractivity contribution in [2.75, 3.05) is 58.4 Å². The zero-order chi connectivity index (χ0) is 28.8. The number of nitrogens with zero attached hydrogens (tertiary/aromatic N) is 3. The average molecular weight is 606 g/mol. The van der Waals surface area contributed by atoms with Crippen LogP contribution in [0.4, 0.5) is 31.8 Å². The smallest absolute Gasteiger partial charge is 0.258 e. The van der Waals surface area contributed by atoms with Crippen LogP contribution >= 0.6 is 11.3 Å². The summed E-state index contributed by atoms with van der Waals surface area (Å²) in [6.45, 7) is 1.38. The number of aliphatic hydroxyl groups excluding tert-OH is 1. The number of pyridine rings is 1. The van der Waals surface area contributed by atoms with Gasteiger partial charge in [0.2, 0.25) is 10.0 Å². The Morgan fingerprint density at radius 2 is 1.71 bits per heavy atom. The highest BCUT2D eigenvalue weighted by Gasteiger charge is 2.44. The van der Waals surface area contributed by atoms with Gasteiger partial charge in [-0.3, -0.25) is 9.52 Å². The van der Waals surface area contributed by atoms with Gasteiger partial charge in [-0.1, -0.05) is 0 Å². The van der Waals surface area contributed by atoms with Gasteiger partial charge in [0.05, 0.1) is 34.0 Å². The molecule has 1 spiro atoms. The van der Waals surface area contributed by atoms with Crippen LogP contribution in [-0.2, 0) is 10.0 Å². The number of fused-ring (bicyclic) bond motifs is 1. The number of halogens is 2. The minimum atomic E-state index is -3.74. The second kappa shape index (κ2) is 10.7. The molecule has 3 aromatic rings. The zero-order valence-electron chi connectivity index (χ0n) is 22.5. The van der Waals surface area contributed by atoms with Gasteiger partial charge in [0, 0.05) is 39.0 Å².